The van der Waals surface area contributed by atoms with Gasteiger partial charge in [-0.2, -0.15) is 0 Å². The number of aromatic carboxylic acids is 1. The number of carboxylic acid groups (broad SMARTS) is 1. The van der Waals surface area contributed by atoms with Crippen LogP contribution in [-0.2, 0) is 6.54 Å². The van der Waals surface area contributed by atoms with Crippen LogP contribution in [-0.4, -0.2) is 21.2 Å². The van der Waals surface area contributed by atoms with Gasteiger partial charge >= 0.3 is 5.97 Å². The van der Waals surface area contributed by atoms with Gasteiger partial charge in [-0.25, -0.2) is 4.79 Å². The monoisotopic (exact) mass is 277 g/mol. The van der Waals surface area contributed by atoms with Crippen LogP contribution in [0.5, 0.6) is 0 Å². The number of nitrogens with one attached hydrogen (secondary N) is 1. The zero-order chi connectivity index (χ0) is 14.7. The van der Waals surface area contributed by atoms with E-state index in [9.17, 15) is 14.9 Å². The van der Waals surface area contributed by atoms with Gasteiger partial charge in [0.15, 0.2) is 0 Å². The Morgan fingerprint density at radius 2 is 2.30 bits per heavy atom. The van der Waals surface area contributed by atoms with Crippen molar-refractivity contribution in [3.63, 3.8) is 0 Å². The summed E-state index contributed by atoms with van der Waals surface area (Å²) < 4.78 is 4.66. The lowest BCUT2D eigenvalue weighted by atomic mass is 10.1. The molecule has 1 heterocycles. The van der Waals surface area contributed by atoms with E-state index in [-0.39, 0.29) is 17.8 Å². The molecule has 1 aromatic heterocycles. The van der Waals surface area contributed by atoms with E-state index in [1.54, 1.807) is 13.0 Å². The van der Waals surface area contributed by atoms with Gasteiger partial charge in [0.2, 0.25) is 0 Å². The molecule has 8 heteroatoms. The molecule has 0 aliphatic heterocycles. The molecule has 0 amide bonds. The van der Waals surface area contributed by atoms with Crippen LogP contribution in [0.2, 0.25) is 0 Å². The van der Waals surface area contributed by atoms with Crippen LogP contribution in [0, 0.1) is 17.0 Å². The fourth-order valence-electron chi connectivity index (χ4n) is 1.71. The van der Waals surface area contributed by atoms with E-state index in [1.807, 2.05) is 0 Å². The molecule has 0 saturated heterocycles. The third kappa shape index (κ3) is 2.74. The van der Waals surface area contributed by atoms with E-state index in [2.05, 4.69) is 15.0 Å². The molecule has 104 valence electrons. The molecule has 0 unspecified atom stereocenters. The Labute approximate surface area is 113 Å². The molecule has 2 N–H and O–H groups in total. The lowest BCUT2D eigenvalue weighted by Gasteiger charge is -2.09. The first kappa shape index (κ1) is 13.5. The van der Waals surface area contributed by atoms with Crippen molar-refractivity contribution >= 4 is 17.3 Å². The largest absolute Gasteiger partial charge is 0.478 e. The maximum absolute atomic E-state index is 11.0. The Morgan fingerprint density at radius 3 is 2.85 bits per heavy atom. The number of nitro benzene ring substituents is 1. The molecular formula is C12H11N3O5. The Bertz CT molecular complexity index is 651. The molecule has 0 radical (unpaired) electrons. The molecule has 20 heavy (non-hydrogen) atoms. The van der Waals surface area contributed by atoms with Gasteiger partial charge in [-0.05, 0) is 13.0 Å². The van der Waals surface area contributed by atoms with E-state index >= 15 is 0 Å². The number of nitrogens with zero attached hydrogens (tertiary/aromatic N) is 2. The third-order valence-corrected chi connectivity index (χ3v) is 2.78. The predicted octanol–water partition coefficient (Wildman–Crippen LogP) is 2.20. The molecule has 0 aliphatic rings. The molecule has 0 atom stereocenters. The van der Waals surface area contributed by atoms with Gasteiger partial charge in [-0.15, -0.1) is 0 Å². The Morgan fingerprint density at radius 1 is 1.55 bits per heavy atom. The van der Waals surface area contributed by atoms with Gasteiger partial charge in [0, 0.05) is 23.4 Å². The highest BCUT2D eigenvalue weighted by atomic mass is 16.6. The highest BCUT2D eigenvalue weighted by Gasteiger charge is 2.19. The number of rotatable bonds is 5. The third-order valence-electron chi connectivity index (χ3n) is 2.78. The summed E-state index contributed by atoms with van der Waals surface area (Å²) in [4.78, 5) is 21.3. The molecule has 0 spiro atoms. The van der Waals surface area contributed by atoms with Crippen LogP contribution >= 0.6 is 0 Å². The van der Waals surface area contributed by atoms with E-state index in [4.69, 9.17) is 5.11 Å². The van der Waals surface area contributed by atoms with E-state index < -0.39 is 10.9 Å². The van der Waals surface area contributed by atoms with Crippen molar-refractivity contribution in [1.82, 2.24) is 5.16 Å². The molecule has 0 fully saturated rings. The number of hydrogen-bond donors (Lipinski definition) is 2. The fourth-order valence-corrected chi connectivity index (χ4v) is 1.71. The van der Waals surface area contributed by atoms with Gasteiger partial charge in [0.1, 0.15) is 12.0 Å². The fraction of sp³-hybridized carbons (Fsp3) is 0.167. The van der Waals surface area contributed by atoms with Gasteiger partial charge in [0.25, 0.3) is 5.69 Å². The van der Waals surface area contributed by atoms with E-state index in [1.165, 1.54) is 12.3 Å². The van der Waals surface area contributed by atoms with Crippen LogP contribution < -0.4 is 5.32 Å². The predicted molar refractivity (Wildman–Crippen MR) is 68.6 cm³/mol. The maximum Gasteiger partial charge on any atom is 0.336 e. The van der Waals surface area contributed by atoms with Crippen molar-refractivity contribution in [2.75, 3.05) is 5.32 Å². The highest BCUT2D eigenvalue weighted by molar-refractivity contribution is 5.90. The smallest absolute Gasteiger partial charge is 0.336 e. The zero-order valence-corrected chi connectivity index (χ0v) is 10.5. The molecule has 0 bridgehead atoms. The molecule has 1 aromatic carbocycles. The number of anilines is 1. The summed E-state index contributed by atoms with van der Waals surface area (Å²) in [5.41, 5.74) is 0.952. The normalized spacial score (nSPS) is 10.2. The Balaban J connectivity index is 2.35. The maximum atomic E-state index is 11.0. The standard InChI is InChI=1S/C12H11N3O5/c1-7-10(13-6-9-2-3-20-14-9)4-8(12(16)17)5-11(7)15(18)19/h2-5,13H,6H2,1H3,(H,16,17). The first-order valence-corrected chi connectivity index (χ1v) is 5.64. The number of aromatic nitrogens is 1. The topological polar surface area (TPSA) is 118 Å². The van der Waals surface area contributed by atoms with Crippen molar-refractivity contribution in [2.45, 2.75) is 13.5 Å². The van der Waals surface area contributed by atoms with Gasteiger partial charge < -0.3 is 14.9 Å². The Kier molecular flexibility index (Phi) is 3.65. The van der Waals surface area contributed by atoms with E-state index in [0.717, 1.165) is 6.07 Å². The van der Waals surface area contributed by atoms with Crippen LogP contribution in [0.3, 0.4) is 0 Å². The summed E-state index contributed by atoms with van der Waals surface area (Å²) in [6, 6.07) is 4.03. The minimum absolute atomic E-state index is 0.148. The molecule has 2 rings (SSSR count). The van der Waals surface area contributed by atoms with Crippen molar-refractivity contribution in [1.29, 1.82) is 0 Å². The number of carboxylic acids is 1. The quantitative estimate of drug-likeness (QED) is 0.635. The minimum Gasteiger partial charge on any atom is -0.478 e. The first-order chi connectivity index (χ1) is 9.49. The summed E-state index contributed by atoms with van der Waals surface area (Å²) in [6.07, 6.45) is 1.40. The van der Waals surface area contributed by atoms with Crippen LogP contribution in [0.4, 0.5) is 11.4 Å². The van der Waals surface area contributed by atoms with Crippen LogP contribution in [0.1, 0.15) is 21.6 Å². The minimum atomic E-state index is -1.22. The molecule has 0 aliphatic carbocycles. The summed E-state index contributed by atoms with van der Waals surface area (Å²) in [6.45, 7) is 1.83. The second-order valence-corrected chi connectivity index (χ2v) is 4.07. The lowest BCUT2D eigenvalue weighted by molar-refractivity contribution is -0.385. The molecular weight excluding hydrogens is 266 g/mol. The zero-order valence-electron chi connectivity index (χ0n) is 10.5. The second kappa shape index (κ2) is 5.39. The second-order valence-electron chi connectivity index (χ2n) is 4.07. The van der Waals surface area contributed by atoms with E-state index in [0.29, 0.717) is 16.9 Å². The van der Waals surface area contributed by atoms with Crippen LogP contribution in [0.25, 0.3) is 0 Å². The summed E-state index contributed by atoms with van der Waals surface area (Å²) in [5.74, 6) is -1.22. The number of benzene rings is 1. The summed E-state index contributed by atoms with van der Waals surface area (Å²) in [7, 11) is 0. The van der Waals surface area contributed by atoms with Gasteiger partial charge in [-0.3, -0.25) is 10.1 Å². The molecule has 2 aromatic rings. The molecule has 0 saturated carbocycles. The number of nitro groups is 1. The van der Waals surface area contributed by atoms with Gasteiger partial charge in [-0.1, -0.05) is 5.16 Å². The van der Waals surface area contributed by atoms with Crippen molar-refractivity contribution in [3.05, 3.63) is 51.4 Å². The Hall–Kier alpha value is -2.90. The molecule has 8 nitrogen and oxygen atoms in total. The lowest BCUT2D eigenvalue weighted by Crippen LogP contribution is -2.06. The summed E-state index contributed by atoms with van der Waals surface area (Å²) >= 11 is 0. The first-order valence-electron chi connectivity index (χ1n) is 5.64. The average Bonchev–Trinajstić information content (AvgIpc) is 2.90. The number of carbonyl (C=O) groups is 1. The SMILES string of the molecule is Cc1c(NCc2ccon2)cc(C(=O)O)cc1[N+](=O)[O-]. The van der Waals surface area contributed by atoms with Crippen molar-refractivity contribution in [2.24, 2.45) is 0 Å². The average molecular weight is 277 g/mol. The summed E-state index contributed by atoms with van der Waals surface area (Å²) in [5, 5.41) is 26.5. The van der Waals surface area contributed by atoms with Crippen molar-refractivity contribution in [3.8, 4) is 0 Å². The van der Waals surface area contributed by atoms with Crippen molar-refractivity contribution < 1.29 is 19.3 Å². The highest BCUT2D eigenvalue weighted by Crippen LogP contribution is 2.28. The number of hydrogen-bond acceptors (Lipinski definition) is 6. The van der Waals surface area contributed by atoms with Crippen LogP contribution in [0.15, 0.2) is 29.0 Å². The van der Waals surface area contributed by atoms with Gasteiger partial charge in [0.05, 0.1) is 17.0 Å².